The minimum absolute atomic E-state index is 0.0140. The minimum atomic E-state index is -0.832. The summed E-state index contributed by atoms with van der Waals surface area (Å²) < 4.78 is 1.15. The molecule has 0 saturated heterocycles. The Kier molecular flexibility index (Phi) is 4.13. The Morgan fingerprint density at radius 2 is 2.00 bits per heavy atom. The first kappa shape index (κ1) is 17.4. The van der Waals surface area contributed by atoms with Gasteiger partial charge in [0.25, 0.3) is 11.5 Å². The number of aryl methyl sites for hydroxylation is 1. The van der Waals surface area contributed by atoms with Crippen molar-refractivity contribution in [1.82, 2.24) is 9.55 Å². The number of fused-ring (bicyclic) bond motifs is 1. The van der Waals surface area contributed by atoms with Crippen molar-refractivity contribution < 1.29 is 15.0 Å². The predicted molar refractivity (Wildman–Crippen MR) is 97.3 cm³/mol. The number of benzene rings is 1. The van der Waals surface area contributed by atoms with Gasteiger partial charge in [-0.1, -0.05) is 6.07 Å². The Hall–Kier alpha value is -3.39. The highest BCUT2D eigenvalue weighted by Crippen LogP contribution is 2.30. The molecule has 0 atom stereocenters. The number of hydrogen-bond acceptors (Lipinski definition) is 6. The number of primary amides is 1. The van der Waals surface area contributed by atoms with Crippen LogP contribution in [0.25, 0.3) is 16.6 Å². The fourth-order valence-electron chi connectivity index (χ4n) is 3.05. The van der Waals surface area contributed by atoms with Crippen molar-refractivity contribution in [1.29, 1.82) is 0 Å². The van der Waals surface area contributed by atoms with Crippen LogP contribution < -0.4 is 17.0 Å². The van der Waals surface area contributed by atoms with Crippen molar-refractivity contribution in [3.63, 3.8) is 0 Å². The molecular weight excluding hydrogens is 336 g/mol. The molecule has 0 bridgehead atoms. The van der Waals surface area contributed by atoms with Gasteiger partial charge in [-0.25, -0.2) is 0 Å². The summed E-state index contributed by atoms with van der Waals surface area (Å²) in [6.07, 6.45) is 1.35. The van der Waals surface area contributed by atoms with Gasteiger partial charge in [0.2, 0.25) is 0 Å². The lowest BCUT2D eigenvalue weighted by Crippen LogP contribution is -2.28. The Morgan fingerprint density at radius 3 is 2.62 bits per heavy atom. The molecule has 6 N–H and O–H groups in total. The third-order valence-electron chi connectivity index (χ3n) is 4.37. The molecule has 0 aliphatic carbocycles. The molecule has 0 spiro atoms. The van der Waals surface area contributed by atoms with Gasteiger partial charge >= 0.3 is 0 Å². The lowest BCUT2D eigenvalue weighted by Gasteiger charge is -2.19. The van der Waals surface area contributed by atoms with E-state index in [1.807, 2.05) is 0 Å². The number of aromatic hydroxyl groups is 1. The van der Waals surface area contributed by atoms with Crippen LogP contribution in [0.1, 0.15) is 27.0 Å². The summed E-state index contributed by atoms with van der Waals surface area (Å²) in [7, 11) is 0. The summed E-state index contributed by atoms with van der Waals surface area (Å²) in [4.78, 5) is 29.2. The Bertz CT molecular complexity index is 1120. The number of nitrogens with zero attached hydrogens (tertiary/aromatic N) is 2. The Balaban J connectivity index is 2.58. The number of phenolic OH excluding ortho intramolecular Hbond substituents is 1. The Morgan fingerprint density at radius 1 is 1.31 bits per heavy atom. The van der Waals surface area contributed by atoms with Crippen molar-refractivity contribution in [2.45, 2.75) is 20.5 Å². The normalized spacial score (nSPS) is 11.0. The number of amides is 1. The van der Waals surface area contributed by atoms with Crippen LogP contribution in [0, 0.1) is 13.8 Å². The van der Waals surface area contributed by atoms with Gasteiger partial charge in [0.1, 0.15) is 17.1 Å². The summed E-state index contributed by atoms with van der Waals surface area (Å²) >= 11 is 0. The van der Waals surface area contributed by atoms with Crippen molar-refractivity contribution in [3.8, 4) is 11.4 Å². The molecule has 0 aliphatic rings. The number of aliphatic hydroxyl groups excluding tert-OH is 1. The maximum Gasteiger partial charge on any atom is 0.266 e. The van der Waals surface area contributed by atoms with Crippen LogP contribution in [0.2, 0.25) is 0 Å². The Labute approximate surface area is 148 Å². The first-order valence-corrected chi connectivity index (χ1v) is 7.81. The van der Waals surface area contributed by atoms with E-state index < -0.39 is 11.5 Å². The number of aliphatic hydroxyl groups is 1. The standard InChI is InChI=1S/C18H18N4O4/c1-8-3-4-12(24)9(2)15(8)22-16(19)13(17(20)25)14-11(18(22)26)5-10(7-23)6-21-14/h3-6,23-24H,7,19H2,1-2H3,(H2,20,25). The zero-order chi connectivity index (χ0) is 19.2. The molecule has 0 unspecified atom stereocenters. The number of rotatable bonds is 3. The monoisotopic (exact) mass is 354 g/mol. The molecule has 1 aromatic carbocycles. The fourth-order valence-corrected chi connectivity index (χ4v) is 3.05. The number of phenols is 1. The molecule has 3 aromatic rings. The lowest BCUT2D eigenvalue weighted by molar-refractivity contribution is 0.100. The largest absolute Gasteiger partial charge is 0.508 e. The number of anilines is 1. The molecule has 0 radical (unpaired) electrons. The molecule has 134 valence electrons. The van der Waals surface area contributed by atoms with Crippen LogP contribution in [-0.2, 0) is 6.61 Å². The first-order valence-electron chi connectivity index (χ1n) is 7.81. The molecule has 2 aromatic heterocycles. The average molecular weight is 354 g/mol. The third kappa shape index (κ3) is 2.47. The number of aromatic nitrogens is 2. The van der Waals surface area contributed by atoms with Gasteiger partial charge in [-0.3, -0.25) is 19.1 Å². The number of carbonyl (C=O) groups is 1. The maximum absolute atomic E-state index is 13.1. The number of nitrogens with two attached hydrogens (primary N) is 2. The number of carbonyl (C=O) groups excluding carboxylic acids is 1. The van der Waals surface area contributed by atoms with Crippen molar-refractivity contribution >= 4 is 22.6 Å². The highest BCUT2D eigenvalue weighted by Gasteiger charge is 2.23. The van der Waals surface area contributed by atoms with Gasteiger partial charge in [0, 0.05) is 11.8 Å². The van der Waals surface area contributed by atoms with Crippen LogP contribution in [0.15, 0.2) is 29.2 Å². The van der Waals surface area contributed by atoms with E-state index >= 15 is 0 Å². The highest BCUT2D eigenvalue weighted by molar-refractivity contribution is 6.08. The van der Waals surface area contributed by atoms with E-state index in [1.54, 1.807) is 19.9 Å². The number of pyridine rings is 2. The van der Waals surface area contributed by atoms with E-state index in [9.17, 15) is 19.8 Å². The third-order valence-corrected chi connectivity index (χ3v) is 4.37. The number of hydrogen-bond donors (Lipinski definition) is 4. The fraction of sp³-hybridized carbons (Fsp3) is 0.167. The van der Waals surface area contributed by atoms with Crippen LogP contribution in [0.3, 0.4) is 0 Å². The molecule has 8 nitrogen and oxygen atoms in total. The summed E-state index contributed by atoms with van der Waals surface area (Å²) in [6.45, 7) is 3.08. The molecule has 2 heterocycles. The molecule has 0 aliphatic heterocycles. The SMILES string of the molecule is Cc1ccc(O)c(C)c1-n1c(N)c(C(N)=O)c2ncc(CO)cc2c1=O. The van der Waals surface area contributed by atoms with Gasteiger partial charge < -0.3 is 21.7 Å². The van der Waals surface area contributed by atoms with Gasteiger partial charge in [-0.05, 0) is 37.1 Å². The molecule has 0 saturated carbocycles. The predicted octanol–water partition coefficient (Wildman–Crippen LogP) is 0.882. The van der Waals surface area contributed by atoms with Crippen LogP contribution >= 0.6 is 0 Å². The highest BCUT2D eigenvalue weighted by atomic mass is 16.3. The summed E-state index contributed by atoms with van der Waals surface area (Å²) in [5.41, 5.74) is 13.0. The second-order valence-corrected chi connectivity index (χ2v) is 6.04. The summed E-state index contributed by atoms with van der Waals surface area (Å²) in [5.74, 6) is -1.00. The second kappa shape index (κ2) is 6.16. The summed E-state index contributed by atoms with van der Waals surface area (Å²) in [5, 5.41) is 19.5. The van der Waals surface area contributed by atoms with Crippen LogP contribution in [0.5, 0.6) is 5.75 Å². The quantitative estimate of drug-likeness (QED) is 0.549. The zero-order valence-electron chi connectivity index (χ0n) is 14.3. The molecule has 1 amide bonds. The zero-order valence-corrected chi connectivity index (χ0v) is 14.3. The number of nitrogen functional groups attached to an aromatic ring is 1. The van der Waals surface area contributed by atoms with E-state index in [0.717, 1.165) is 4.57 Å². The lowest BCUT2D eigenvalue weighted by atomic mass is 10.0. The van der Waals surface area contributed by atoms with Gasteiger partial charge in [0.05, 0.1) is 23.2 Å². The molecular formula is C18H18N4O4. The van der Waals surface area contributed by atoms with E-state index in [2.05, 4.69) is 4.98 Å². The molecule has 3 rings (SSSR count). The van der Waals surface area contributed by atoms with Crippen LogP contribution in [0.4, 0.5) is 5.82 Å². The average Bonchev–Trinajstić information content (AvgIpc) is 2.60. The van der Waals surface area contributed by atoms with Gasteiger partial charge in [-0.2, -0.15) is 0 Å². The molecule has 26 heavy (non-hydrogen) atoms. The van der Waals surface area contributed by atoms with Crippen molar-refractivity contribution in [2.24, 2.45) is 5.73 Å². The maximum atomic E-state index is 13.1. The first-order chi connectivity index (χ1) is 12.3. The molecule has 0 fully saturated rings. The van der Waals surface area contributed by atoms with E-state index in [1.165, 1.54) is 18.3 Å². The van der Waals surface area contributed by atoms with Crippen LogP contribution in [-0.4, -0.2) is 25.7 Å². The van der Waals surface area contributed by atoms with Crippen molar-refractivity contribution in [3.05, 3.63) is 57.0 Å². The minimum Gasteiger partial charge on any atom is -0.508 e. The van der Waals surface area contributed by atoms with E-state index in [-0.39, 0.29) is 34.6 Å². The van der Waals surface area contributed by atoms with E-state index in [0.29, 0.717) is 22.4 Å². The second-order valence-electron chi connectivity index (χ2n) is 6.04. The molecule has 8 heteroatoms. The smallest absolute Gasteiger partial charge is 0.266 e. The van der Waals surface area contributed by atoms with E-state index in [4.69, 9.17) is 11.5 Å². The van der Waals surface area contributed by atoms with Gasteiger partial charge in [-0.15, -0.1) is 0 Å². The summed E-state index contributed by atoms with van der Waals surface area (Å²) in [6, 6.07) is 4.59. The van der Waals surface area contributed by atoms with Gasteiger partial charge in [0.15, 0.2) is 0 Å². The van der Waals surface area contributed by atoms with Crippen molar-refractivity contribution in [2.75, 3.05) is 5.73 Å². The topological polar surface area (TPSA) is 144 Å².